The van der Waals surface area contributed by atoms with Crippen molar-refractivity contribution in [2.24, 2.45) is 0 Å². The van der Waals surface area contributed by atoms with Gasteiger partial charge < -0.3 is 5.32 Å². The molecule has 1 atom stereocenters. The van der Waals surface area contributed by atoms with E-state index in [1.165, 1.54) is 28.7 Å². The summed E-state index contributed by atoms with van der Waals surface area (Å²) < 4.78 is 0.825. The normalized spacial score (nSPS) is 12.1. The third-order valence-electron chi connectivity index (χ3n) is 3.38. The van der Waals surface area contributed by atoms with Crippen molar-refractivity contribution in [2.75, 3.05) is 5.75 Å². The fourth-order valence-electron chi connectivity index (χ4n) is 2.20. The van der Waals surface area contributed by atoms with Crippen LogP contribution in [0, 0.1) is 13.8 Å². The van der Waals surface area contributed by atoms with Crippen LogP contribution < -0.4 is 5.32 Å². The maximum Gasteiger partial charge on any atom is 0.231 e. The Hall–Kier alpha value is -1.70. The molecule has 1 aromatic carbocycles. The third-order valence-corrected chi connectivity index (χ3v) is 6.29. The minimum absolute atomic E-state index is 0.00757. The highest BCUT2D eigenvalue weighted by atomic mass is 32.2. The molecule has 2 aromatic heterocycles. The molecule has 0 fully saturated rings. The van der Waals surface area contributed by atoms with Crippen molar-refractivity contribution < 1.29 is 4.79 Å². The van der Waals surface area contributed by atoms with Gasteiger partial charge in [-0.25, -0.2) is 0 Å². The van der Waals surface area contributed by atoms with Gasteiger partial charge in [-0.15, -0.1) is 21.5 Å². The van der Waals surface area contributed by atoms with Crippen molar-refractivity contribution >= 4 is 40.3 Å². The zero-order valence-corrected chi connectivity index (χ0v) is 15.8. The van der Waals surface area contributed by atoms with E-state index in [1.54, 1.807) is 11.3 Å². The van der Waals surface area contributed by atoms with Gasteiger partial charge in [0.15, 0.2) is 4.34 Å². The minimum Gasteiger partial charge on any atom is -0.344 e. The first kappa shape index (κ1) is 17.1. The van der Waals surface area contributed by atoms with E-state index in [0.717, 1.165) is 19.8 Å². The minimum atomic E-state index is -0.116. The number of nitrogens with zero attached hydrogens (tertiary/aromatic N) is 2. The summed E-state index contributed by atoms with van der Waals surface area (Å²) in [5.74, 6) is 0.328. The molecule has 0 radical (unpaired) electrons. The van der Waals surface area contributed by atoms with Gasteiger partial charge in [0.2, 0.25) is 5.91 Å². The van der Waals surface area contributed by atoms with Crippen LogP contribution in [0.4, 0.5) is 0 Å². The molecule has 0 aliphatic heterocycles. The van der Waals surface area contributed by atoms with Crippen molar-refractivity contribution in [3.63, 3.8) is 0 Å². The molecule has 1 amide bonds. The van der Waals surface area contributed by atoms with Crippen LogP contribution in [0.25, 0.3) is 0 Å². The van der Waals surface area contributed by atoms with Crippen LogP contribution in [0.5, 0.6) is 0 Å². The summed E-state index contributed by atoms with van der Waals surface area (Å²) in [6.07, 6.45) is 0. The van der Waals surface area contributed by atoms with E-state index in [0.29, 0.717) is 5.75 Å². The molecule has 1 unspecified atom stereocenters. The number of thiophene rings is 1. The second-order valence-electron chi connectivity index (χ2n) is 5.30. The lowest BCUT2D eigenvalue weighted by Crippen LogP contribution is -2.30. The Kier molecular flexibility index (Phi) is 5.65. The fraction of sp³-hybridized carbons (Fsp3) is 0.235. The van der Waals surface area contributed by atoms with Gasteiger partial charge in [-0.2, -0.15) is 0 Å². The van der Waals surface area contributed by atoms with Gasteiger partial charge in [-0.3, -0.25) is 4.79 Å². The average molecular weight is 376 g/mol. The SMILES string of the molecule is Cc1ccc(C(NC(=O)CSc2nnc(C)s2)c2cccs2)cc1. The van der Waals surface area contributed by atoms with E-state index in [4.69, 9.17) is 0 Å². The van der Waals surface area contributed by atoms with E-state index >= 15 is 0 Å². The van der Waals surface area contributed by atoms with Gasteiger partial charge in [0.05, 0.1) is 11.8 Å². The van der Waals surface area contributed by atoms with Gasteiger partial charge in [0.1, 0.15) is 5.01 Å². The zero-order valence-electron chi connectivity index (χ0n) is 13.4. The van der Waals surface area contributed by atoms with E-state index in [1.807, 2.05) is 18.4 Å². The smallest absolute Gasteiger partial charge is 0.231 e. The number of hydrogen-bond donors (Lipinski definition) is 1. The van der Waals surface area contributed by atoms with E-state index < -0.39 is 0 Å². The van der Waals surface area contributed by atoms with E-state index in [9.17, 15) is 4.79 Å². The van der Waals surface area contributed by atoms with Crippen molar-refractivity contribution in [3.8, 4) is 0 Å². The highest BCUT2D eigenvalue weighted by Crippen LogP contribution is 2.27. The number of aromatic nitrogens is 2. The van der Waals surface area contributed by atoms with Gasteiger partial charge in [-0.1, -0.05) is 59.0 Å². The Morgan fingerprint density at radius 2 is 2.00 bits per heavy atom. The summed E-state index contributed by atoms with van der Waals surface area (Å²) in [6, 6.07) is 12.2. The summed E-state index contributed by atoms with van der Waals surface area (Å²) in [6.45, 7) is 3.97. The molecule has 4 nitrogen and oxygen atoms in total. The molecule has 0 spiro atoms. The van der Waals surface area contributed by atoms with Crippen LogP contribution in [0.1, 0.15) is 27.1 Å². The Bertz CT molecular complexity index is 797. The second-order valence-corrected chi connectivity index (χ2v) is 8.69. The van der Waals surface area contributed by atoms with Crippen LogP contribution >= 0.6 is 34.4 Å². The topological polar surface area (TPSA) is 54.9 Å². The van der Waals surface area contributed by atoms with Crippen LogP contribution in [-0.4, -0.2) is 21.9 Å². The molecule has 7 heteroatoms. The number of benzene rings is 1. The van der Waals surface area contributed by atoms with E-state index in [-0.39, 0.29) is 11.9 Å². The highest BCUT2D eigenvalue weighted by Gasteiger charge is 2.18. The molecule has 124 valence electrons. The Morgan fingerprint density at radius 1 is 1.21 bits per heavy atom. The van der Waals surface area contributed by atoms with Crippen LogP contribution in [-0.2, 0) is 4.79 Å². The van der Waals surface area contributed by atoms with E-state index in [2.05, 4.69) is 52.8 Å². The average Bonchev–Trinajstić information content (AvgIpc) is 3.23. The number of hydrogen-bond acceptors (Lipinski definition) is 6. The molecule has 3 rings (SSSR count). The standard InChI is InChI=1S/C17H17N3OS3/c1-11-5-7-13(8-6-11)16(14-4-3-9-22-14)18-15(21)10-23-17-20-19-12(2)24-17/h3-9,16H,10H2,1-2H3,(H,18,21). The maximum atomic E-state index is 12.4. The van der Waals surface area contributed by atoms with Crippen LogP contribution in [0.15, 0.2) is 46.1 Å². The predicted molar refractivity (Wildman–Crippen MR) is 101 cm³/mol. The number of carbonyl (C=O) groups is 1. The zero-order chi connectivity index (χ0) is 16.9. The molecule has 0 saturated heterocycles. The van der Waals surface area contributed by atoms with Crippen molar-refractivity contribution in [1.29, 1.82) is 0 Å². The Balaban J connectivity index is 1.69. The number of amides is 1. The highest BCUT2D eigenvalue weighted by molar-refractivity contribution is 8.01. The molecule has 0 aliphatic rings. The number of rotatable bonds is 6. The Labute approximate surface area is 153 Å². The molecule has 0 aliphatic carbocycles. The van der Waals surface area contributed by atoms with Crippen LogP contribution in [0.3, 0.4) is 0 Å². The maximum absolute atomic E-state index is 12.4. The lowest BCUT2D eigenvalue weighted by atomic mass is 10.0. The fourth-order valence-corrected chi connectivity index (χ4v) is 4.63. The summed E-state index contributed by atoms with van der Waals surface area (Å²) >= 11 is 4.58. The summed E-state index contributed by atoms with van der Waals surface area (Å²) in [5.41, 5.74) is 2.30. The number of aryl methyl sites for hydroxylation is 2. The summed E-state index contributed by atoms with van der Waals surface area (Å²) in [5, 5.41) is 14.1. The second kappa shape index (κ2) is 7.92. The molecule has 1 N–H and O–H groups in total. The monoisotopic (exact) mass is 375 g/mol. The Morgan fingerprint density at radius 3 is 2.62 bits per heavy atom. The number of nitrogens with one attached hydrogen (secondary N) is 1. The molecule has 0 bridgehead atoms. The molecule has 0 saturated carbocycles. The first-order valence-corrected chi connectivity index (χ1v) is 10.1. The van der Waals surface area contributed by atoms with Gasteiger partial charge in [-0.05, 0) is 30.9 Å². The van der Waals surface area contributed by atoms with Gasteiger partial charge in [0, 0.05) is 4.88 Å². The van der Waals surface area contributed by atoms with Gasteiger partial charge in [0.25, 0.3) is 0 Å². The number of carbonyl (C=O) groups excluding carboxylic acids is 1. The quantitative estimate of drug-likeness (QED) is 0.656. The van der Waals surface area contributed by atoms with Crippen molar-refractivity contribution in [2.45, 2.75) is 24.2 Å². The summed E-state index contributed by atoms with van der Waals surface area (Å²) in [4.78, 5) is 13.5. The predicted octanol–water partition coefficient (Wildman–Crippen LogP) is 4.21. The third kappa shape index (κ3) is 4.43. The molecule has 24 heavy (non-hydrogen) atoms. The number of thioether (sulfide) groups is 1. The van der Waals surface area contributed by atoms with Gasteiger partial charge >= 0.3 is 0 Å². The summed E-state index contributed by atoms with van der Waals surface area (Å²) in [7, 11) is 0. The first-order chi connectivity index (χ1) is 11.6. The largest absolute Gasteiger partial charge is 0.344 e. The van der Waals surface area contributed by atoms with Crippen LogP contribution in [0.2, 0.25) is 0 Å². The lowest BCUT2D eigenvalue weighted by Gasteiger charge is -2.18. The molecular weight excluding hydrogens is 358 g/mol. The molecule has 2 heterocycles. The lowest BCUT2D eigenvalue weighted by molar-refractivity contribution is -0.119. The molecular formula is C17H17N3OS3. The molecule has 3 aromatic rings. The first-order valence-electron chi connectivity index (χ1n) is 7.44. The van der Waals surface area contributed by atoms with Crippen molar-refractivity contribution in [1.82, 2.24) is 15.5 Å². The van der Waals surface area contributed by atoms with Crippen molar-refractivity contribution in [3.05, 3.63) is 62.8 Å².